The number of aryl methyl sites for hydroxylation is 1. The predicted molar refractivity (Wildman–Crippen MR) is 66.1 cm³/mol. The second kappa shape index (κ2) is 4.49. The minimum absolute atomic E-state index is 0.879. The number of benzene rings is 1. The smallest absolute Gasteiger partial charge is 0.0571 e. The van der Waals surface area contributed by atoms with E-state index in [1.165, 1.54) is 22.4 Å². The number of aromatic nitrogens is 2. The summed E-state index contributed by atoms with van der Waals surface area (Å²) in [4.78, 5) is 0. The maximum atomic E-state index is 4.29. The highest BCUT2D eigenvalue weighted by Gasteiger charge is 2.09. The second-order valence-corrected chi connectivity index (χ2v) is 3.95. The molecule has 2 aromatic rings. The molecular formula is C13H17N3. The summed E-state index contributed by atoms with van der Waals surface area (Å²) in [5, 5.41) is 7.48. The lowest BCUT2D eigenvalue weighted by atomic mass is 10.0. The number of rotatable bonds is 3. The molecule has 1 aromatic carbocycles. The van der Waals surface area contributed by atoms with Gasteiger partial charge in [-0.15, -0.1) is 0 Å². The van der Waals surface area contributed by atoms with Gasteiger partial charge in [0.2, 0.25) is 0 Å². The van der Waals surface area contributed by atoms with Crippen LogP contribution >= 0.6 is 0 Å². The Morgan fingerprint density at radius 2 is 2.00 bits per heavy atom. The van der Waals surface area contributed by atoms with Crippen molar-refractivity contribution >= 4 is 0 Å². The largest absolute Gasteiger partial charge is 0.316 e. The Bertz CT molecular complexity index is 486. The summed E-state index contributed by atoms with van der Waals surface area (Å²) < 4.78 is 1.91. The molecule has 1 heterocycles. The van der Waals surface area contributed by atoms with Crippen LogP contribution in [0.4, 0.5) is 0 Å². The molecule has 0 unspecified atom stereocenters. The van der Waals surface area contributed by atoms with Gasteiger partial charge < -0.3 is 5.32 Å². The first-order valence-electron chi connectivity index (χ1n) is 5.45. The molecule has 84 valence electrons. The van der Waals surface area contributed by atoms with Gasteiger partial charge in [-0.25, -0.2) is 0 Å². The lowest BCUT2D eigenvalue weighted by Crippen LogP contribution is -2.06. The fourth-order valence-electron chi connectivity index (χ4n) is 1.89. The van der Waals surface area contributed by atoms with Crippen molar-refractivity contribution in [2.75, 3.05) is 7.05 Å². The molecule has 2 rings (SSSR count). The molecule has 1 N–H and O–H groups in total. The molecule has 3 nitrogen and oxygen atoms in total. The maximum Gasteiger partial charge on any atom is 0.0571 e. The molecule has 0 aliphatic rings. The van der Waals surface area contributed by atoms with E-state index in [1.54, 1.807) is 0 Å². The summed E-state index contributed by atoms with van der Waals surface area (Å²) in [6.07, 6.45) is 1.93. The Morgan fingerprint density at radius 3 is 2.62 bits per heavy atom. The van der Waals surface area contributed by atoms with E-state index in [1.807, 2.05) is 25.0 Å². The van der Waals surface area contributed by atoms with Crippen molar-refractivity contribution in [3.63, 3.8) is 0 Å². The van der Waals surface area contributed by atoms with Crippen molar-refractivity contribution in [3.8, 4) is 11.1 Å². The van der Waals surface area contributed by atoms with Crippen LogP contribution in [0, 0.1) is 6.92 Å². The van der Waals surface area contributed by atoms with E-state index >= 15 is 0 Å². The van der Waals surface area contributed by atoms with Crippen LogP contribution in [-0.2, 0) is 13.6 Å². The van der Waals surface area contributed by atoms with Crippen LogP contribution in [0.15, 0.2) is 30.5 Å². The monoisotopic (exact) mass is 215 g/mol. The third kappa shape index (κ3) is 1.86. The second-order valence-electron chi connectivity index (χ2n) is 3.95. The molecule has 1 aromatic heterocycles. The summed E-state index contributed by atoms with van der Waals surface area (Å²) in [6.45, 7) is 2.98. The molecule has 3 heteroatoms. The topological polar surface area (TPSA) is 29.9 Å². The average molecular weight is 215 g/mol. The molecule has 16 heavy (non-hydrogen) atoms. The molecule has 0 aliphatic carbocycles. The zero-order valence-corrected chi connectivity index (χ0v) is 9.99. The van der Waals surface area contributed by atoms with Gasteiger partial charge in [0.05, 0.1) is 6.20 Å². The third-order valence-corrected chi connectivity index (χ3v) is 2.91. The van der Waals surface area contributed by atoms with Gasteiger partial charge in [-0.1, -0.05) is 24.3 Å². The van der Waals surface area contributed by atoms with Gasteiger partial charge >= 0.3 is 0 Å². The maximum absolute atomic E-state index is 4.29. The minimum Gasteiger partial charge on any atom is -0.316 e. The average Bonchev–Trinajstić information content (AvgIpc) is 2.61. The highest BCUT2D eigenvalue weighted by atomic mass is 15.3. The normalized spacial score (nSPS) is 10.7. The molecule has 0 amide bonds. The minimum atomic E-state index is 0.879. The first-order chi connectivity index (χ1) is 7.74. The van der Waals surface area contributed by atoms with E-state index in [9.17, 15) is 0 Å². The van der Waals surface area contributed by atoms with Crippen LogP contribution in [0.5, 0.6) is 0 Å². The van der Waals surface area contributed by atoms with Crippen LogP contribution in [0.25, 0.3) is 11.1 Å². The molecule has 0 atom stereocenters. The summed E-state index contributed by atoms with van der Waals surface area (Å²) in [5.74, 6) is 0. The standard InChI is InChI=1S/C13H17N3/c1-10-13(9-15-16(10)3)12-7-5-4-6-11(12)8-14-2/h4-7,9,14H,8H2,1-3H3. The first kappa shape index (κ1) is 10.9. The lowest BCUT2D eigenvalue weighted by molar-refractivity contribution is 0.740. The van der Waals surface area contributed by atoms with Gasteiger partial charge in [-0.05, 0) is 25.1 Å². The van der Waals surface area contributed by atoms with Gasteiger partial charge in [0.15, 0.2) is 0 Å². The van der Waals surface area contributed by atoms with Crippen LogP contribution in [-0.4, -0.2) is 16.8 Å². The fraction of sp³-hybridized carbons (Fsp3) is 0.308. The van der Waals surface area contributed by atoms with Crippen molar-refractivity contribution in [3.05, 3.63) is 41.7 Å². The Balaban J connectivity index is 2.51. The summed E-state index contributed by atoms with van der Waals surface area (Å²) >= 11 is 0. The molecule has 0 fully saturated rings. The van der Waals surface area contributed by atoms with Gasteiger partial charge in [-0.3, -0.25) is 4.68 Å². The van der Waals surface area contributed by atoms with E-state index in [2.05, 4.69) is 41.6 Å². The molecule has 0 saturated carbocycles. The van der Waals surface area contributed by atoms with Crippen molar-refractivity contribution < 1.29 is 0 Å². The van der Waals surface area contributed by atoms with Crippen molar-refractivity contribution in [1.82, 2.24) is 15.1 Å². The summed E-state index contributed by atoms with van der Waals surface area (Å²) in [5.41, 5.74) is 4.99. The SMILES string of the molecule is CNCc1ccccc1-c1cnn(C)c1C. The van der Waals surface area contributed by atoms with E-state index in [4.69, 9.17) is 0 Å². The Labute approximate surface area is 96.1 Å². The van der Waals surface area contributed by atoms with Crippen molar-refractivity contribution in [1.29, 1.82) is 0 Å². The van der Waals surface area contributed by atoms with E-state index in [0.29, 0.717) is 0 Å². The van der Waals surface area contributed by atoms with Gasteiger partial charge in [0, 0.05) is 24.8 Å². The third-order valence-electron chi connectivity index (χ3n) is 2.91. The molecule has 0 radical (unpaired) electrons. The van der Waals surface area contributed by atoms with Gasteiger partial charge in [0.25, 0.3) is 0 Å². The number of hydrogen-bond donors (Lipinski definition) is 1. The first-order valence-corrected chi connectivity index (χ1v) is 5.45. The highest BCUT2D eigenvalue weighted by Crippen LogP contribution is 2.26. The number of hydrogen-bond acceptors (Lipinski definition) is 2. The van der Waals surface area contributed by atoms with Crippen molar-refractivity contribution in [2.45, 2.75) is 13.5 Å². The van der Waals surface area contributed by atoms with Crippen LogP contribution in [0.2, 0.25) is 0 Å². The fourth-order valence-corrected chi connectivity index (χ4v) is 1.89. The Hall–Kier alpha value is -1.61. The lowest BCUT2D eigenvalue weighted by Gasteiger charge is -2.08. The van der Waals surface area contributed by atoms with Gasteiger partial charge in [-0.2, -0.15) is 5.10 Å². The Morgan fingerprint density at radius 1 is 1.25 bits per heavy atom. The summed E-state index contributed by atoms with van der Waals surface area (Å²) in [7, 11) is 3.94. The zero-order valence-electron chi connectivity index (χ0n) is 9.99. The van der Waals surface area contributed by atoms with Crippen LogP contribution in [0.1, 0.15) is 11.3 Å². The number of nitrogens with zero attached hydrogens (tertiary/aromatic N) is 2. The quantitative estimate of drug-likeness (QED) is 0.850. The number of nitrogens with one attached hydrogen (secondary N) is 1. The molecule has 0 bridgehead atoms. The summed E-state index contributed by atoms with van der Waals surface area (Å²) in [6, 6.07) is 8.44. The zero-order chi connectivity index (χ0) is 11.5. The van der Waals surface area contributed by atoms with E-state index < -0.39 is 0 Å². The molecule has 0 aliphatic heterocycles. The van der Waals surface area contributed by atoms with Crippen LogP contribution < -0.4 is 5.32 Å². The van der Waals surface area contributed by atoms with Gasteiger partial charge in [0.1, 0.15) is 0 Å². The van der Waals surface area contributed by atoms with E-state index in [0.717, 1.165) is 6.54 Å². The molecule has 0 spiro atoms. The predicted octanol–water partition coefficient (Wildman–Crippen LogP) is 2.11. The Kier molecular flexibility index (Phi) is 3.06. The van der Waals surface area contributed by atoms with E-state index in [-0.39, 0.29) is 0 Å². The highest BCUT2D eigenvalue weighted by molar-refractivity contribution is 5.68. The van der Waals surface area contributed by atoms with Crippen LogP contribution in [0.3, 0.4) is 0 Å². The molecular weight excluding hydrogens is 198 g/mol. The molecule has 0 saturated heterocycles. The van der Waals surface area contributed by atoms with Crippen molar-refractivity contribution in [2.24, 2.45) is 7.05 Å².